The maximum atomic E-state index is 13.3. The molecule has 0 radical (unpaired) electrons. The zero-order chi connectivity index (χ0) is 25.4. The van der Waals surface area contributed by atoms with Gasteiger partial charge in [-0.05, 0) is 60.9 Å². The predicted molar refractivity (Wildman–Crippen MR) is 133 cm³/mol. The van der Waals surface area contributed by atoms with Crippen LogP contribution in [0, 0.1) is 5.92 Å². The largest absolute Gasteiger partial charge is 0.336 e. The van der Waals surface area contributed by atoms with Crippen LogP contribution in [0.15, 0.2) is 70.5 Å². The number of anilines is 2. The fraction of sp³-hybridized carbons (Fsp3) is 0.280. The molecule has 1 saturated heterocycles. The lowest BCUT2D eigenvalue weighted by Gasteiger charge is -2.42. The van der Waals surface area contributed by atoms with Crippen molar-refractivity contribution in [2.45, 2.75) is 30.7 Å². The second-order valence-electron chi connectivity index (χ2n) is 9.12. The number of pyridine rings is 2. The molecular weight excluding hydrogens is 482 g/mol. The van der Waals surface area contributed by atoms with E-state index in [2.05, 4.69) is 15.0 Å². The Morgan fingerprint density at radius 2 is 1.78 bits per heavy atom. The number of benzene rings is 1. The van der Waals surface area contributed by atoms with Gasteiger partial charge >= 0.3 is 0 Å². The summed E-state index contributed by atoms with van der Waals surface area (Å²) in [6, 6.07) is 14.2. The molecule has 0 aliphatic carbocycles. The van der Waals surface area contributed by atoms with E-state index in [-0.39, 0.29) is 34.2 Å². The van der Waals surface area contributed by atoms with E-state index in [0.717, 1.165) is 12.1 Å². The van der Waals surface area contributed by atoms with Crippen LogP contribution >= 0.6 is 0 Å². The number of amides is 2. The van der Waals surface area contributed by atoms with Gasteiger partial charge in [0.25, 0.3) is 21.5 Å². The van der Waals surface area contributed by atoms with Crippen molar-refractivity contribution in [3.63, 3.8) is 0 Å². The molecule has 2 aliphatic rings. The van der Waals surface area contributed by atoms with E-state index in [1.54, 1.807) is 39.9 Å². The topological polar surface area (TPSA) is 130 Å². The number of rotatable bonds is 5. The minimum absolute atomic E-state index is 0.0233. The third-order valence-electron chi connectivity index (χ3n) is 6.50. The monoisotopic (exact) mass is 507 g/mol. The number of likely N-dealkylation sites (tertiary alicyclic amines) is 1. The molecule has 2 aliphatic heterocycles. The van der Waals surface area contributed by atoms with Crippen LogP contribution in [0.25, 0.3) is 0 Å². The Morgan fingerprint density at radius 3 is 2.47 bits per heavy atom. The van der Waals surface area contributed by atoms with E-state index >= 15 is 0 Å². The normalized spacial score (nSPS) is 18.8. The molecule has 11 heteroatoms. The fourth-order valence-electron chi connectivity index (χ4n) is 4.96. The highest BCUT2D eigenvalue weighted by Gasteiger charge is 2.37. The van der Waals surface area contributed by atoms with Crippen molar-refractivity contribution in [1.82, 2.24) is 14.5 Å². The standard InChI is InChI=1S/C25H25N5O5S/c1-16(31)27-19-5-7-20(8-6-19)36(34,35)28-22-9-10-23-18-12-17(14-30(23)25(22)33)13-29(15-18)24(32)21-4-2-3-11-26-21/h2-11,17-18,28H,12-15H2,1H3,(H,27,31)/t17-,18+/m0/s1. The molecule has 5 rings (SSSR count). The second kappa shape index (κ2) is 9.23. The lowest BCUT2D eigenvalue weighted by Crippen LogP contribution is -2.49. The van der Waals surface area contributed by atoms with E-state index in [9.17, 15) is 22.8 Å². The van der Waals surface area contributed by atoms with Gasteiger partial charge in [0.05, 0.1) is 4.90 Å². The molecule has 1 fully saturated rings. The molecule has 2 atom stereocenters. The second-order valence-corrected chi connectivity index (χ2v) is 10.8. The summed E-state index contributed by atoms with van der Waals surface area (Å²) in [6.45, 7) is 2.74. The van der Waals surface area contributed by atoms with Crippen LogP contribution in [0.2, 0.25) is 0 Å². The van der Waals surface area contributed by atoms with Crippen molar-refractivity contribution in [2.24, 2.45) is 5.92 Å². The summed E-state index contributed by atoms with van der Waals surface area (Å²) in [4.78, 5) is 43.3. The van der Waals surface area contributed by atoms with E-state index in [0.29, 0.717) is 31.0 Å². The number of carbonyl (C=O) groups is 2. The van der Waals surface area contributed by atoms with Gasteiger partial charge in [-0.1, -0.05) is 6.07 Å². The maximum absolute atomic E-state index is 13.3. The highest BCUT2D eigenvalue weighted by atomic mass is 32.2. The Kier molecular flexibility index (Phi) is 6.09. The minimum atomic E-state index is -4.01. The third-order valence-corrected chi connectivity index (χ3v) is 7.89. The van der Waals surface area contributed by atoms with Gasteiger partial charge in [0.15, 0.2) is 0 Å². The molecule has 36 heavy (non-hydrogen) atoms. The van der Waals surface area contributed by atoms with Crippen LogP contribution in [0.5, 0.6) is 0 Å². The van der Waals surface area contributed by atoms with Crippen molar-refractivity contribution in [3.8, 4) is 0 Å². The van der Waals surface area contributed by atoms with Crippen molar-refractivity contribution in [1.29, 1.82) is 0 Å². The summed E-state index contributed by atoms with van der Waals surface area (Å²) in [5.41, 5.74) is 1.20. The predicted octanol–water partition coefficient (Wildman–Crippen LogP) is 2.26. The van der Waals surface area contributed by atoms with Crippen molar-refractivity contribution < 1.29 is 18.0 Å². The van der Waals surface area contributed by atoms with E-state index in [1.807, 2.05) is 0 Å². The highest BCUT2D eigenvalue weighted by molar-refractivity contribution is 7.92. The summed E-state index contributed by atoms with van der Waals surface area (Å²) in [7, 11) is -4.01. The lowest BCUT2D eigenvalue weighted by molar-refractivity contribution is -0.114. The Labute approximate surface area is 208 Å². The average molecular weight is 508 g/mol. The van der Waals surface area contributed by atoms with Crippen molar-refractivity contribution in [2.75, 3.05) is 23.1 Å². The lowest BCUT2D eigenvalue weighted by atomic mass is 9.83. The molecule has 2 aromatic heterocycles. The molecule has 2 amide bonds. The van der Waals surface area contributed by atoms with E-state index in [4.69, 9.17) is 0 Å². The zero-order valence-electron chi connectivity index (χ0n) is 19.5. The van der Waals surface area contributed by atoms with Crippen LogP contribution in [-0.2, 0) is 21.4 Å². The van der Waals surface area contributed by atoms with Gasteiger partial charge in [0.1, 0.15) is 11.4 Å². The molecule has 2 N–H and O–H groups in total. The van der Waals surface area contributed by atoms with Gasteiger partial charge in [-0.15, -0.1) is 0 Å². The summed E-state index contributed by atoms with van der Waals surface area (Å²) in [5.74, 6) is -0.338. The SMILES string of the molecule is CC(=O)Nc1ccc(S(=O)(=O)Nc2ccc3n(c2=O)C[C@H]2C[C@@H]3CN(C(=O)c3ccccn3)C2)cc1. The van der Waals surface area contributed by atoms with Gasteiger partial charge in [0.2, 0.25) is 5.91 Å². The molecule has 1 aromatic carbocycles. The van der Waals surface area contributed by atoms with Crippen LogP contribution in [0.1, 0.15) is 35.4 Å². The fourth-order valence-corrected chi connectivity index (χ4v) is 6.02. The number of nitrogens with zero attached hydrogens (tertiary/aromatic N) is 3. The average Bonchev–Trinajstić information content (AvgIpc) is 2.86. The van der Waals surface area contributed by atoms with Gasteiger partial charge in [0, 0.05) is 50.1 Å². The third kappa shape index (κ3) is 4.61. The first kappa shape index (κ1) is 23.7. The summed E-state index contributed by atoms with van der Waals surface area (Å²) < 4.78 is 29.8. The van der Waals surface area contributed by atoms with Crippen LogP contribution in [0.3, 0.4) is 0 Å². The van der Waals surface area contributed by atoms with Crippen LogP contribution < -0.4 is 15.6 Å². The molecule has 10 nitrogen and oxygen atoms in total. The number of nitrogens with one attached hydrogen (secondary N) is 2. The quantitative estimate of drug-likeness (QED) is 0.545. The molecule has 4 heterocycles. The molecule has 0 spiro atoms. The summed E-state index contributed by atoms with van der Waals surface area (Å²) in [6.07, 6.45) is 2.45. The molecule has 186 valence electrons. The summed E-state index contributed by atoms with van der Waals surface area (Å²) >= 11 is 0. The van der Waals surface area contributed by atoms with Crippen molar-refractivity contribution >= 4 is 33.2 Å². The Balaban J connectivity index is 1.36. The number of piperidine rings is 1. The van der Waals surface area contributed by atoms with Crippen molar-refractivity contribution in [3.05, 3.63) is 82.5 Å². The smallest absolute Gasteiger partial charge is 0.275 e. The van der Waals surface area contributed by atoms with Gasteiger partial charge in [-0.25, -0.2) is 8.42 Å². The Hall–Kier alpha value is -3.99. The first-order valence-electron chi connectivity index (χ1n) is 11.6. The molecule has 0 unspecified atom stereocenters. The molecule has 2 bridgehead atoms. The number of fused-ring (bicyclic) bond motifs is 4. The van der Waals surface area contributed by atoms with Gasteiger partial charge in [-0.3, -0.25) is 24.1 Å². The zero-order valence-corrected chi connectivity index (χ0v) is 20.4. The van der Waals surface area contributed by atoms with E-state index in [1.165, 1.54) is 37.3 Å². The van der Waals surface area contributed by atoms with Gasteiger partial charge in [-0.2, -0.15) is 0 Å². The maximum Gasteiger partial charge on any atom is 0.275 e. The summed E-state index contributed by atoms with van der Waals surface area (Å²) in [5, 5.41) is 2.58. The molecular formula is C25H25N5O5S. The number of aromatic nitrogens is 2. The van der Waals surface area contributed by atoms with Crippen LogP contribution in [-0.4, -0.2) is 47.8 Å². The Morgan fingerprint density at radius 1 is 1.00 bits per heavy atom. The van der Waals surface area contributed by atoms with Gasteiger partial charge < -0.3 is 14.8 Å². The minimum Gasteiger partial charge on any atom is -0.336 e. The van der Waals surface area contributed by atoms with Crippen LogP contribution in [0.4, 0.5) is 11.4 Å². The Bertz CT molecular complexity index is 1490. The number of carbonyl (C=O) groups excluding carboxylic acids is 2. The number of hydrogen-bond donors (Lipinski definition) is 2. The number of hydrogen-bond acceptors (Lipinski definition) is 6. The first-order valence-corrected chi connectivity index (χ1v) is 13.0. The molecule has 3 aromatic rings. The van der Waals surface area contributed by atoms with E-state index < -0.39 is 15.6 Å². The number of sulfonamides is 1. The molecule has 0 saturated carbocycles. The highest BCUT2D eigenvalue weighted by Crippen LogP contribution is 2.36. The first-order chi connectivity index (χ1) is 17.2.